The van der Waals surface area contributed by atoms with Crippen LogP contribution in [-0.2, 0) is 0 Å². The van der Waals surface area contributed by atoms with Gasteiger partial charge in [0.15, 0.2) is 0 Å². The minimum absolute atomic E-state index is 0.195. The number of carboxylic acids is 1. The Hall–Kier alpha value is -1.04. The molecule has 6 heteroatoms. The molecule has 5 nitrogen and oxygen atoms in total. The lowest BCUT2D eigenvalue weighted by Gasteiger charge is -1.98. The zero-order valence-corrected chi connectivity index (χ0v) is 7.58. The predicted molar refractivity (Wildman–Crippen MR) is 45.7 cm³/mol. The molecule has 0 spiro atoms. The molecule has 1 aliphatic rings. The van der Waals surface area contributed by atoms with Gasteiger partial charge in [-0.1, -0.05) is 0 Å². The average molecular weight is 200 g/mol. The van der Waals surface area contributed by atoms with Gasteiger partial charge in [0.1, 0.15) is 0 Å². The third-order valence-corrected chi connectivity index (χ3v) is 3.19. The van der Waals surface area contributed by atoms with Crippen molar-refractivity contribution in [3.05, 3.63) is 11.8 Å². The molecular formula is C7H8N2O3S. The van der Waals surface area contributed by atoms with Crippen LogP contribution in [0.1, 0.15) is 34.7 Å². The second kappa shape index (κ2) is 3.37. The molecule has 1 aromatic heterocycles. The quantitative estimate of drug-likeness (QED) is 0.776. The topological polar surface area (TPSA) is 76.2 Å². The van der Waals surface area contributed by atoms with Crippen molar-refractivity contribution in [1.82, 2.24) is 10.2 Å². The van der Waals surface area contributed by atoms with E-state index < -0.39 is 5.97 Å². The van der Waals surface area contributed by atoms with Gasteiger partial charge in [-0.2, -0.15) is 0 Å². The maximum Gasteiger partial charge on any atom is 0.393 e. The minimum atomic E-state index is -1.17. The van der Waals surface area contributed by atoms with Crippen LogP contribution in [0.15, 0.2) is 4.42 Å². The van der Waals surface area contributed by atoms with Crippen molar-refractivity contribution in [3.63, 3.8) is 0 Å². The highest BCUT2D eigenvalue weighted by Crippen LogP contribution is 2.38. The van der Waals surface area contributed by atoms with Crippen molar-refractivity contribution in [2.24, 2.45) is 0 Å². The van der Waals surface area contributed by atoms with Crippen LogP contribution in [0.2, 0.25) is 0 Å². The standard InChI is InChI=1S/C7H8N2O3S/c10-7(11)6-9-8-5(12-6)4-2-1-3-13-4/h4H,1-3H2,(H,10,11). The summed E-state index contributed by atoms with van der Waals surface area (Å²) in [5.41, 5.74) is 0. The fourth-order valence-electron chi connectivity index (χ4n) is 1.22. The van der Waals surface area contributed by atoms with Crippen molar-refractivity contribution in [2.75, 3.05) is 5.75 Å². The Kier molecular flexibility index (Phi) is 2.22. The van der Waals surface area contributed by atoms with Crippen LogP contribution in [0.4, 0.5) is 0 Å². The molecule has 13 heavy (non-hydrogen) atoms. The van der Waals surface area contributed by atoms with Crippen LogP contribution in [0.5, 0.6) is 0 Å². The zero-order chi connectivity index (χ0) is 9.26. The third-order valence-electron chi connectivity index (χ3n) is 1.83. The molecular weight excluding hydrogens is 192 g/mol. The number of hydrogen-bond donors (Lipinski definition) is 1. The Balaban J connectivity index is 2.16. The van der Waals surface area contributed by atoms with E-state index in [9.17, 15) is 4.79 Å². The van der Waals surface area contributed by atoms with Crippen molar-refractivity contribution in [1.29, 1.82) is 0 Å². The normalized spacial score (nSPS) is 22.0. The number of carbonyl (C=O) groups is 1. The Morgan fingerprint density at radius 3 is 3.00 bits per heavy atom. The number of thioether (sulfide) groups is 1. The molecule has 1 unspecified atom stereocenters. The smallest absolute Gasteiger partial charge is 0.393 e. The molecule has 2 rings (SSSR count). The van der Waals surface area contributed by atoms with E-state index in [1.165, 1.54) is 0 Å². The molecule has 0 saturated carbocycles. The Morgan fingerprint density at radius 2 is 2.46 bits per heavy atom. The van der Waals surface area contributed by atoms with Gasteiger partial charge in [-0.15, -0.1) is 22.0 Å². The molecule has 0 bridgehead atoms. The third kappa shape index (κ3) is 1.67. The summed E-state index contributed by atoms with van der Waals surface area (Å²) in [5.74, 6) is 0.0410. The molecule has 1 fully saturated rings. The van der Waals surface area contributed by atoms with E-state index in [2.05, 4.69) is 10.2 Å². The number of aromatic nitrogens is 2. The molecule has 1 N–H and O–H groups in total. The Labute approximate surface area is 78.5 Å². The number of hydrogen-bond acceptors (Lipinski definition) is 5. The minimum Gasteiger partial charge on any atom is -0.474 e. The SMILES string of the molecule is O=C(O)c1nnc(C2CCCS2)o1. The lowest BCUT2D eigenvalue weighted by molar-refractivity contribution is 0.0651. The second-order valence-corrected chi connectivity index (χ2v) is 4.06. The lowest BCUT2D eigenvalue weighted by Crippen LogP contribution is -1.95. The highest BCUT2D eigenvalue weighted by Gasteiger charge is 2.24. The number of aromatic carboxylic acids is 1. The van der Waals surface area contributed by atoms with E-state index in [-0.39, 0.29) is 11.1 Å². The highest BCUT2D eigenvalue weighted by atomic mass is 32.2. The molecule has 0 amide bonds. The van der Waals surface area contributed by atoms with Gasteiger partial charge < -0.3 is 9.52 Å². The first-order valence-corrected chi connectivity index (χ1v) is 5.00. The van der Waals surface area contributed by atoms with Crippen LogP contribution in [-0.4, -0.2) is 27.0 Å². The van der Waals surface area contributed by atoms with Gasteiger partial charge in [0.25, 0.3) is 0 Å². The maximum atomic E-state index is 10.4. The largest absolute Gasteiger partial charge is 0.474 e. The van der Waals surface area contributed by atoms with Crippen LogP contribution in [0.25, 0.3) is 0 Å². The monoisotopic (exact) mass is 200 g/mol. The highest BCUT2D eigenvalue weighted by molar-refractivity contribution is 7.99. The molecule has 2 heterocycles. The van der Waals surface area contributed by atoms with Crippen molar-refractivity contribution >= 4 is 17.7 Å². The van der Waals surface area contributed by atoms with Gasteiger partial charge in [0, 0.05) is 0 Å². The fourth-order valence-corrected chi connectivity index (χ4v) is 2.41. The Bertz CT molecular complexity index is 319. The first-order chi connectivity index (χ1) is 6.27. The van der Waals surface area contributed by atoms with Crippen LogP contribution in [0, 0.1) is 0 Å². The van der Waals surface area contributed by atoms with Gasteiger partial charge >= 0.3 is 11.9 Å². The molecule has 1 atom stereocenters. The van der Waals surface area contributed by atoms with E-state index in [4.69, 9.17) is 9.52 Å². The van der Waals surface area contributed by atoms with Crippen molar-refractivity contribution < 1.29 is 14.3 Å². The van der Waals surface area contributed by atoms with Crippen LogP contribution < -0.4 is 0 Å². The van der Waals surface area contributed by atoms with Crippen LogP contribution >= 0.6 is 11.8 Å². The molecule has 0 aromatic carbocycles. The lowest BCUT2D eigenvalue weighted by atomic mass is 10.2. The van der Waals surface area contributed by atoms with Gasteiger partial charge in [0.05, 0.1) is 5.25 Å². The van der Waals surface area contributed by atoms with E-state index in [1.54, 1.807) is 11.8 Å². The summed E-state index contributed by atoms with van der Waals surface area (Å²) >= 11 is 1.73. The van der Waals surface area contributed by atoms with E-state index in [1.807, 2.05) is 0 Å². The zero-order valence-electron chi connectivity index (χ0n) is 6.77. The second-order valence-electron chi connectivity index (χ2n) is 2.75. The first-order valence-electron chi connectivity index (χ1n) is 3.95. The maximum absolute atomic E-state index is 10.4. The average Bonchev–Trinajstić information content (AvgIpc) is 2.75. The van der Waals surface area contributed by atoms with Gasteiger partial charge in [-0.3, -0.25) is 0 Å². The molecule has 1 aliphatic heterocycles. The summed E-state index contributed by atoms with van der Waals surface area (Å²) in [7, 11) is 0. The number of carboxylic acid groups (broad SMARTS) is 1. The van der Waals surface area contributed by atoms with E-state index in [0.29, 0.717) is 5.89 Å². The molecule has 0 radical (unpaired) electrons. The van der Waals surface area contributed by atoms with Crippen molar-refractivity contribution in [2.45, 2.75) is 18.1 Å². The van der Waals surface area contributed by atoms with Crippen LogP contribution in [0.3, 0.4) is 0 Å². The van der Waals surface area contributed by atoms with Gasteiger partial charge in [-0.05, 0) is 18.6 Å². The summed E-state index contributed by atoms with van der Waals surface area (Å²) in [6.07, 6.45) is 2.12. The van der Waals surface area contributed by atoms with E-state index in [0.717, 1.165) is 18.6 Å². The molecule has 70 valence electrons. The van der Waals surface area contributed by atoms with E-state index >= 15 is 0 Å². The Morgan fingerprint density at radius 1 is 1.62 bits per heavy atom. The fraction of sp³-hybridized carbons (Fsp3) is 0.571. The summed E-state index contributed by atoms with van der Waals surface area (Å²) in [6.45, 7) is 0. The van der Waals surface area contributed by atoms with Crippen molar-refractivity contribution in [3.8, 4) is 0 Å². The summed E-state index contributed by atoms with van der Waals surface area (Å²) < 4.78 is 4.99. The molecule has 0 aliphatic carbocycles. The number of nitrogens with zero attached hydrogens (tertiary/aromatic N) is 2. The summed E-state index contributed by atoms with van der Waals surface area (Å²) in [4.78, 5) is 10.4. The van der Waals surface area contributed by atoms with Gasteiger partial charge in [-0.25, -0.2) is 4.79 Å². The molecule has 1 saturated heterocycles. The molecule has 1 aromatic rings. The summed E-state index contributed by atoms with van der Waals surface area (Å²) in [5, 5.41) is 15.9. The van der Waals surface area contributed by atoms with Gasteiger partial charge in [0.2, 0.25) is 5.89 Å². The predicted octanol–water partition coefficient (Wildman–Crippen LogP) is 1.34. The summed E-state index contributed by atoms with van der Waals surface area (Å²) in [6, 6.07) is 0. The first kappa shape index (κ1) is 8.55. The number of rotatable bonds is 2.